The first-order valence-corrected chi connectivity index (χ1v) is 3.13. The standard InChI is InChI=1S/C6H12O3/c1-5-3-4-8-6(7-2)9-5/h5-6H,3-4H2,1-2H3/t5-,6+/m0/s1. The molecule has 0 unspecified atom stereocenters. The number of ether oxygens (including phenoxy) is 3. The lowest BCUT2D eigenvalue weighted by atomic mass is 10.3. The Hall–Kier alpha value is -0.120. The second-order valence-electron chi connectivity index (χ2n) is 2.13. The fraction of sp³-hybridized carbons (Fsp3) is 1.00. The molecule has 54 valence electrons. The van der Waals surface area contributed by atoms with Crippen molar-refractivity contribution in [3.63, 3.8) is 0 Å². The third kappa shape index (κ3) is 1.93. The van der Waals surface area contributed by atoms with Crippen LogP contribution in [0.15, 0.2) is 0 Å². The highest BCUT2D eigenvalue weighted by Gasteiger charge is 2.17. The molecule has 3 nitrogen and oxygen atoms in total. The van der Waals surface area contributed by atoms with Crippen LogP contribution in [-0.4, -0.2) is 26.3 Å². The van der Waals surface area contributed by atoms with Gasteiger partial charge in [0.1, 0.15) is 0 Å². The molecule has 0 amide bonds. The minimum Gasteiger partial charge on any atom is -0.333 e. The fourth-order valence-electron chi connectivity index (χ4n) is 0.751. The van der Waals surface area contributed by atoms with Gasteiger partial charge < -0.3 is 14.2 Å². The summed E-state index contributed by atoms with van der Waals surface area (Å²) in [6.45, 7) is 2.31. The molecule has 0 spiro atoms. The van der Waals surface area contributed by atoms with Gasteiger partial charge in [0, 0.05) is 7.11 Å². The molecule has 1 saturated heterocycles. The molecule has 1 aliphatic rings. The fourth-order valence-corrected chi connectivity index (χ4v) is 0.751. The van der Waals surface area contributed by atoms with E-state index in [0.717, 1.165) is 13.0 Å². The van der Waals surface area contributed by atoms with Crippen molar-refractivity contribution < 1.29 is 14.2 Å². The molecular formula is C6H12O3. The van der Waals surface area contributed by atoms with Crippen molar-refractivity contribution in [3.05, 3.63) is 0 Å². The van der Waals surface area contributed by atoms with Gasteiger partial charge in [-0.15, -0.1) is 0 Å². The Morgan fingerprint density at radius 1 is 1.56 bits per heavy atom. The molecule has 0 radical (unpaired) electrons. The highest BCUT2D eigenvalue weighted by atomic mass is 16.8. The molecule has 0 aromatic carbocycles. The molecular weight excluding hydrogens is 120 g/mol. The molecule has 1 fully saturated rings. The molecule has 0 aromatic heterocycles. The van der Waals surface area contributed by atoms with Crippen LogP contribution in [0.3, 0.4) is 0 Å². The van der Waals surface area contributed by atoms with E-state index < -0.39 is 6.48 Å². The van der Waals surface area contributed by atoms with Crippen molar-refractivity contribution in [2.24, 2.45) is 0 Å². The highest BCUT2D eigenvalue weighted by Crippen LogP contribution is 2.11. The Morgan fingerprint density at radius 2 is 2.33 bits per heavy atom. The maximum absolute atomic E-state index is 5.19. The van der Waals surface area contributed by atoms with Crippen LogP contribution >= 0.6 is 0 Å². The zero-order valence-electron chi connectivity index (χ0n) is 5.79. The van der Waals surface area contributed by atoms with Gasteiger partial charge in [-0.3, -0.25) is 0 Å². The van der Waals surface area contributed by atoms with E-state index >= 15 is 0 Å². The van der Waals surface area contributed by atoms with Gasteiger partial charge in [0.05, 0.1) is 12.7 Å². The van der Waals surface area contributed by atoms with Gasteiger partial charge in [0.25, 0.3) is 6.48 Å². The molecule has 2 atom stereocenters. The van der Waals surface area contributed by atoms with Crippen molar-refractivity contribution in [2.75, 3.05) is 13.7 Å². The van der Waals surface area contributed by atoms with Crippen molar-refractivity contribution in [2.45, 2.75) is 25.9 Å². The third-order valence-corrected chi connectivity index (χ3v) is 1.31. The summed E-state index contributed by atoms with van der Waals surface area (Å²) in [6, 6.07) is 0. The Labute approximate surface area is 54.9 Å². The average Bonchev–Trinajstić information content (AvgIpc) is 1.88. The Bertz CT molecular complexity index is 84.4. The van der Waals surface area contributed by atoms with Crippen LogP contribution < -0.4 is 0 Å². The van der Waals surface area contributed by atoms with Gasteiger partial charge in [-0.25, -0.2) is 0 Å². The Kier molecular flexibility index (Phi) is 2.45. The summed E-state index contributed by atoms with van der Waals surface area (Å²) < 4.78 is 15.1. The Balaban J connectivity index is 2.23. The molecule has 0 N–H and O–H groups in total. The zero-order chi connectivity index (χ0) is 6.69. The van der Waals surface area contributed by atoms with E-state index in [1.54, 1.807) is 7.11 Å². The SMILES string of the molecule is CO[C@@H]1OCC[C@H](C)O1. The Morgan fingerprint density at radius 3 is 2.78 bits per heavy atom. The van der Waals surface area contributed by atoms with Crippen molar-refractivity contribution in [1.82, 2.24) is 0 Å². The first kappa shape index (κ1) is 6.99. The molecule has 9 heavy (non-hydrogen) atoms. The molecule has 1 aliphatic heterocycles. The van der Waals surface area contributed by atoms with Gasteiger partial charge in [-0.1, -0.05) is 0 Å². The lowest BCUT2D eigenvalue weighted by Gasteiger charge is -2.26. The predicted molar refractivity (Wildman–Crippen MR) is 31.9 cm³/mol. The highest BCUT2D eigenvalue weighted by molar-refractivity contribution is 4.52. The average molecular weight is 132 g/mol. The number of methoxy groups -OCH3 is 1. The lowest BCUT2D eigenvalue weighted by molar-refractivity contribution is -0.318. The van der Waals surface area contributed by atoms with Crippen LogP contribution in [0, 0.1) is 0 Å². The molecule has 0 aliphatic carbocycles. The monoisotopic (exact) mass is 132 g/mol. The van der Waals surface area contributed by atoms with Crippen molar-refractivity contribution in [1.29, 1.82) is 0 Å². The van der Waals surface area contributed by atoms with Gasteiger partial charge in [-0.2, -0.15) is 0 Å². The summed E-state index contributed by atoms with van der Waals surface area (Å²) in [7, 11) is 1.57. The van der Waals surface area contributed by atoms with Gasteiger partial charge in [-0.05, 0) is 13.3 Å². The smallest absolute Gasteiger partial charge is 0.271 e. The quantitative estimate of drug-likeness (QED) is 0.526. The van der Waals surface area contributed by atoms with E-state index in [4.69, 9.17) is 14.2 Å². The van der Waals surface area contributed by atoms with Crippen LogP contribution in [0.1, 0.15) is 13.3 Å². The van der Waals surface area contributed by atoms with E-state index in [0.29, 0.717) is 0 Å². The van der Waals surface area contributed by atoms with E-state index in [-0.39, 0.29) is 6.10 Å². The topological polar surface area (TPSA) is 27.7 Å². The molecule has 0 saturated carbocycles. The lowest BCUT2D eigenvalue weighted by Crippen LogP contribution is -2.31. The first-order chi connectivity index (χ1) is 4.33. The summed E-state index contributed by atoms with van der Waals surface area (Å²) in [6.07, 6.45) is 1.23. The number of hydrogen-bond acceptors (Lipinski definition) is 3. The number of hydrogen-bond donors (Lipinski definition) is 0. The second kappa shape index (κ2) is 3.15. The van der Waals surface area contributed by atoms with Crippen LogP contribution in [0.2, 0.25) is 0 Å². The molecule has 3 heteroatoms. The van der Waals surface area contributed by atoms with E-state index in [1.807, 2.05) is 6.92 Å². The summed E-state index contributed by atoms with van der Waals surface area (Å²) in [4.78, 5) is 0. The van der Waals surface area contributed by atoms with Crippen molar-refractivity contribution in [3.8, 4) is 0 Å². The zero-order valence-corrected chi connectivity index (χ0v) is 5.79. The number of rotatable bonds is 1. The summed E-state index contributed by atoms with van der Waals surface area (Å²) >= 11 is 0. The largest absolute Gasteiger partial charge is 0.333 e. The normalized spacial score (nSPS) is 36.7. The summed E-state index contributed by atoms with van der Waals surface area (Å²) in [5.41, 5.74) is 0. The van der Waals surface area contributed by atoms with Crippen LogP contribution in [0.4, 0.5) is 0 Å². The maximum Gasteiger partial charge on any atom is 0.271 e. The van der Waals surface area contributed by atoms with E-state index in [9.17, 15) is 0 Å². The molecule has 0 bridgehead atoms. The van der Waals surface area contributed by atoms with Gasteiger partial charge >= 0.3 is 0 Å². The van der Waals surface area contributed by atoms with Crippen LogP contribution in [0.5, 0.6) is 0 Å². The predicted octanol–water partition coefficient (Wildman–Crippen LogP) is 0.742. The van der Waals surface area contributed by atoms with E-state index in [2.05, 4.69) is 0 Å². The maximum atomic E-state index is 5.19. The second-order valence-corrected chi connectivity index (χ2v) is 2.13. The summed E-state index contributed by atoms with van der Waals surface area (Å²) in [5.74, 6) is 0. The molecule has 0 aromatic rings. The third-order valence-electron chi connectivity index (χ3n) is 1.31. The molecule has 1 rings (SSSR count). The van der Waals surface area contributed by atoms with Crippen molar-refractivity contribution >= 4 is 0 Å². The van der Waals surface area contributed by atoms with Crippen LogP contribution in [-0.2, 0) is 14.2 Å². The minimum atomic E-state index is -0.436. The van der Waals surface area contributed by atoms with Crippen LogP contribution in [0.25, 0.3) is 0 Å². The minimum absolute atomic E-state index is 0.267. The summed E-state index contributed by atoms with van der Waals surface area (Å²) in [5, 5.41) is 0. The van der Waals surface area contributed by atoms with Gasteiger partial charge in [0.15, 0.2) is 0 Å². The van der Waals surface area contributed by atoms with Gasteiger partial charge in [0.2, 0.25) is 0 Å². The molecule has 1 heterocycles. The van der Waals surface area contributed by atoms with E-state index in [1.165, 1.54) is 0 Å². The first-order valence-electron chi connectivity index (χ1n) is 3.13.